The largest absolute Gasteiger partial charge is 0.433 e. The van der Waals surface area contributed by atoms with Crippen LogP contribution >= 0.6 is 0 Å². The standard InChI is InChI=1S/C25H21F6N5O5S/c1-23(2,13-37)35-42(39,40)17-5-3-4-16(10-17)33-22(38)41-19-12-32-36-20(25(29,30)31)11-18(34-21(19)36)14-6-8-15(9-7-14)24(26,27)28/h3-12,35,37H,13H2,1-2H3,(H,33,38). The second-order valence-corrected chi connectivity index (χ2v) is 11.2. The number of anilines is 1. The number of sulfonamides is 1. The molecule has 0 unspecified atom stereocenters. The van der Waals surface area contributed by atoms with Gasteiger partial charge in [0.15, 0.2) is 17.1 Å². The van der Waals surface area contributed by atoms with Crippen molar-refractivity contribution in [2.24, 2.45) is 0 Å². The Morgan fingerprint density at radius 3 is 2.26 bits per heavy atom. The zero-order chi connectivity index (χ0) is 31.1. The van der Waals surface area contributed by atoms with E-state index in [4.69, 9.17) is 4.74 Å². The van der Waals surface area contributed by atoms with E-state index in [0.717, 1.165) is 24.4 Å². The molecule has 0 atom stereocenters. The van der Waals surface area contributed by atoms with Crippen LogP contribution in [0.3, 0.4) is 0 Å². The van der Waals surface area contributed by atoms with Crippen LogP contribution in [0.1, 0.15) is 25.1 Å². The van der Waals surface area contributed by atoms with E-state index in [1.807, 2.05) is 0 Å². The Morgan fingerprint density at radius 2 is 1.67 bits per heavy atom. The molecular weight excluding hydrogens is 596 g/mol. The first-order chi connectivity index (χ1) is 19.4. The van der Waals surface area contributed by atoms with Crippen LogP contribution in [0.15, 0.2) is 65.7 Å². The van der Waals surface area contributed by atoms with Gasteiger partial charge in [-0.05, 0) is 50.2 Å². The lowest BCUT2D eigenvalue weighted by Crippen LogP contribution is -2.46. The van der Waals surface area contributed by atoms with Crippen LogP contribution in [0.25, 0.3) is 16.9 Å². The number of aliphatic hydroxyl groups excluding tert-OH is 1. The Bertz CT molecular complexity index is 1740. The van der Waals surface area contributed by atoms with Crippen LogP contribution in [0.4, 0.5) is 36.8 Å². The van der Waals surface area contributed by atoms with Gasteiger partial charge in [0.25, 0.3) is 0 Å². The topological polar surface area (TPSA) is 135 Å². The number of alkyl halides is 6. The number of nitrogens with zero attached hydrogens (tertiary/aromatic N) is 3. The van der Waals surface area contributed by atoms with E-state index in [0.29, 0.717) is 22.7 Å². The van der Waals surface area contributed by atoms with Crippen LogP contribution in [0.2, 0.25) is 0 Å². The van der Waals surface area contributed by atoms with Crippen LogP contribution in [-0.2, 0) is 22.4 Å². The number of aliphatic hydroxyl groups is 1. The third kappa shape index (κ3) is 6.80. The SMILES string of the molecule is CC(C)(CO)NS(=O)(=O)c1cccc(NC(=O)Oc2cnn3c(C(F)(F)F)cc(-c4ccc(C(F)(F)F)cc4)nc23)c1. The van der Waals surface area contributed by atoms with Gasteiger partial charge in [0.05, 0.1) is 34.5 Å². The number of rotatable bonds is 7. The van der Waals surface area contributed by atoms with Gasteiger partial charge in [0.2, 0.25) is 10.0 Å². The molecular formula is C25H21F6N5O5S. The average molecular weight is 618 g/mol. The van der Waals surface area contributed by atoms with Gasteiger partial charge in [-0.1, -0.05) is 18.2 Å². The first-order valence-electron chi connectivity index (χ1n) is 11.8. The van der Waals surface area contributed by atoms with E-state index >= 15 is 0 Å². The first-order valence-corrected chi connectivity index (χ1v) is 13.3. The van der Waals surface area contributed by atoms with E-state index in [1.54, 1.807) is 0 Å². The maximum atomic E-state index is 13.8. The van der Waals surface area contributed by atoms with Crippen molar-refractivity contribution in [2.45, 2.75) is 36.6 Å². The predicted octanol–water partition coefficient (Wildman–Crippen LogP) is 5.09. The number of fused-ring (bicyclic) bond motifs is 1. The van der Waals surface area contributed by atoms with Gasteiger partial charge in [-0.2, -0.15) is 31.4 Å². The molecule has 0 aliphatic rings. The fourth-order valence-electron chi connectivity index (χ4n) is 3.63. The summed E-state index contributed by atoms with van der Waals surface area (Å²) in [6, 6.07) is 8.78. The zero-order valence-electron chi connectivity index (χ0n) is 21.6. The van der Waals surface area contributed by atoms with E-state index in [-0.39, 0.29) is 21.8 Å². The Hall–Kier alpha value is -4.22. The van der Waals surface area contributed by atoms with Crippen LogP contribution in [0, 0.1) is 0 Å². The number of ether oxygens (including phenoxy) is 1. The smallest absolute Gasteiger partial charge is 0.404 e. The summed E-state index contributed by atoms with van der Waals surface area (Å²) in [5.41, 5.74) is -4.62. The van der Waals surface area contributed by atoms with Crippen molar-refractivity contribution in [2.75, 3.05) is 11.9 Å². The van der Waals surface area contributed by atoms with Gasteiger partial charge in [0.1, 0.15) is 0 Å². The number of carbonyl (C=O) groups is 1. The number of nitrogens with one attached hydrogen (secondary N) is 2. The second-order valence-electron chi connectivity index (χ2n) is 9.53. The van der Waals surface area contributed by atoms with Gasteiger partial charge < -0.3 is 9.84 Å². The Morgan fingerprint density at radius 1 is 1.00 bits per heavy atom. The van der Waals surface area contributed by atoms with Gasteiger partial charge >= 0.3 is 18.4 Å². The van der Waals surface area contributed by atoms with Crippen LogP contribution in [-0.4, -0.2) is 46.4 Å². The van der Waals surface area contributed by atoms with Crippen molar-refractivity contribution in [1.29, 1.82) is 0 Å². The quantitative estimate of drug-likeness (QED) is 0.246. The molecule has 0 spiro atoms. The fraction of sp³-hybridized carbons (Fsp3) is 0.240. The molecule has 4 aromatic rings. The Balaban J connectivity index is 1.64. The van der Waals surface area contributed by atoms with Crippen molar-refractivity contribution in [1.82, 2.24) is 19.3 Å². The lowest BCUT2D eigenvalue weighted by Gasteiger charge is -2.23. The molecule has 42 heavy (non-hydrogen) atoms. The summed E-state index contributed by atoms with van der Waals surface area (Å²) in [6.07, 6.45) is -10.1. The van der Waals surface area contributed by atoms with Crippen LogP contribution in [0.5, 0.6) is 5.75 Å². The van der Waals surface area contributed by atoms with Crippen LogP contribution < -0.4 is 14.8 Å². The van der Waals surface area contributed by atoms with E-state index in [1.165, 1.54) is 32.0 Å². The minimum Gasteiger partial charge on any atom is -0.404 e. The minimum atomic E-state index is -4.97. The Labute approximate surface area is 234 Å². The minimum absolute atomic E-state index is 0.0597. The number of amides is 1. The highest BCUT2D eigenvalue weighted by Crippen LogP contribution is 2.35. The molecule has 10 nitrogen and oxygen atoms in total. The molecule has 0 saturated carbocycles. The molecule has 0 radical (unpaired) electrons. The monoisotopic (exact) mass is 617 g/mol. The summed E-state index contributed by atoms with van der Waals surface area (Å²) >= 11 is 0. The van der Waals surface area contributed by atoms with Crippen molar-refractivity contribution < 1.29 is 49.4 Å². The maximum absolute atomic E-state index is 13.8. The van der Waals surface area contributed by atoms with Crippen molar-refractivity contribution in [3.63, 3.8) is 0 Å². The first kappa shape index (κ1) is 30.7. The number of carbonyl (C=O) groups excluding carboxylic acids is 1. The number of halogens is 6. The number of aromatic nitrogens is 3. The summed E-state index contributed by atoms with van der Waals surface area (Å²) < 4.78 is 113. The summed E-state index contributed by atoms with van der Waals surface area (Å²) in [6.45, 7) is 2.39. The second kappa shape index (κ2) is 10.9. The Kier molecular flexibility index (Phi) is 7.96. The molecule has 0 aliphatic heterocycles. The molecule has 0 saturated heterocycles. The summed E-state index contributed by atoms with van der Waals surface area (Å²) in [4.78, 5) is 16.4. The highest BCUT2D eigenvalue weighted by molar-refractivity contribution is 7.89. The molecule has 2 heterocycles. The van der Waals surface area contributed by atoms with Gasteiger partial charge in [-0.3, -0.25) is 5.32 Å². The lowest BCUT2D eigenvalue weighted by atomic mass is 10.1. The lowest BCUT2D eigenvalue weighted by molar-refractivity contribution is -0.142. The maximum Gasteiger partial charge on any atom is 0.433 e. The molecule has 0 fully saturated rings. The van der Waals surface area contributed by atoms with Crippen molar-refractivity contribution in [3.05, 3.63) is 72.1 Å². The van der Waals surface area contributed by atoms with E-state index in [9.17, 15) is 44.7 Å². The number of hydrogen-bond acceptors (Lipinski definition) is 7. The average Bonchev–Trinajstić information content (AvgIpc) is 3.29. The third-order valence-electron chi connectivity index (χ3n) is 5.64. The van der Waals surface area contributed by atoms with E-state index < -0.39 is 63.3 Å². The van der Waals surface area contributed by atoms with Gasteiger partial charge in [-0.15, -0.1) is 0 Å². The number of hydrogen-bond donors (Lipinski definition) is 3. The molecule has 2 aromatic carbocycles. The molecule has 0 bridgehead atoms. The van der Waals surface area contributed by atoms with Crippen molar-refractivity contribution in [3.8, 4) is 17.0 Å². The molecule has 2 aromatic heterocycles. The molecule has 224 valence electrons. The third-order valence-corrected chi connectivity index (χ3v) is 7.33. The fourth-order valence-corrected chi connectivity index (χ4v) is 5.08. The molecule has 3 N–H and O–H groups in total. The van der Waals surface area contributed by atoms with Crippen molar-refractivity contribution >= 4 is 27.5 Å². The highest BCUT2D eigenvalue weighted by Gasteiger charge is 2.36. The summed E-state index contributed by atoms with van der Waals surface area (Å²) in [5.74, 6) is -0.526. The summed E-state index contributed by atoms with van der Waals surface area (Å²) in [5, 5.41) is 15.2. The van der Waals surface area contributed by atoms with E-state index in [2.05, 4.69) is 20.1 Å². The normalized spacial score (nSPS) is 12.9. The van der Waals surface area contributed by atoms with Gasteiger partial charge in [0, 0.05) is 11.3 Å². The number of benzene rings is 2. The molecule has 17 heteroatoms. The predicted molar refractivity (Wildman–Crippen MR) is 136 cm³/mol. The molecule has 0 aliphatic carbocycles. The van der Waals surface area contributed by atoms with Gasteiger partial charge in [-0.25, -0.2) is 27.4 Å². The zero-order valence-corrected chi connectivity index (χ0v) is 22.4. The molecule has 1 amide bonds. The molecule has 4 rings (SSSR count). The summed E-state index contributed by atoms with van der Waals surface area (Å²) in [7, 11) is -4.12. The highest BCUT2D eigenvalue weighted by atomic mass is 32.2.